The maximum Gasteiger partial charge on any atom is 0.328 e. The molecule has 2 aromatic carbocycles. The fraction of sp³-hybridized carbons (Fsp3) is 0.304. The summed E-state index contributed by atoms with van der Waals surface area (Å²) in [6.45, 7) is 0. The van der Waals surface area contributed by atoms with Crippen LogP contribution in [-0.4, -0.2) is 27.1 Å². The second kappa shape index (κ2) is 10.3. The molecular weight excluding hydrogens is 498 g/mol. The molecule has 2 N–H and O–H groups in total. The summed E-state index contributed by atoms with van der Waals surface area (Å²) >= 11 is 4.62. The number of fused-ring (bicyclic) bond motifs is 2. The standard InChI is InChI=1S/C15H10BrNO4S.C8H12O2/c16-11-3-5-12(6-4-11)22-14-7-1-10(2-8-15(18)19)9-13(14)17(20)21;9-7(10)8-3-1-6(5-8)2-4-8/h1-9H,(H,18,19);6H,1-5H2,(H,9,10). The van der Waals surface area contributed by atoms with Crippen LogP contribution in [0.25, 0.3) is 6.08 Å². The van der Waals surface area contributed by atoms with Crippen molar-refractivity contribution in [3.8, 4) is 0 Å². The summed E-state index contributed by atoms with van der Waals surface area (Å²) < 4.78 is 0.931. The van der Waals surface area contributed by atoms with Gasteiger partial charge in [-0.2, -0.15) is 0 Å². The molecule has 0 heterocycles. The number of carboxylic acid groups (broad SMARTS) is 2. The second-order valence-corrected chi connectivity index (χ2v) is 9.98. The van der Waals surface area contributed by atoms with E-state index in [9.17, 15) is 19.7 Å². The zero-order valence-electron chi connectivity index (χ0n) is 17.1. The number of hydrogen-bond acceptors (Lipinski definition) is 5. The SMILES string of the molecule is O=C(O)C12CCC(CC1)C2.O=C(O)C=Cc1ccc(Sc2ccc(Br)cc2)c([N+](=O)[O-])c1. The van der Waals surface area contributed by atoms with Gasteiger partial charge in [0.05, 0.1) is 15.2 Å². The number of nitro benzene ring substituents is 1. The van der Waals surface area contributed by atoms with E-state index < -0.39 is 16.9 Å². The van der Waals surface area contributed by atoms with Crippen LogP contribution in [0.4, 0.5) is 5.69 Å². The van der Waals surface area contributed by atoms with E-state index in [1.807, 2.05) is 24.3 Å². The summed E-state index contributed by atoms with van der Waals surface area (Å²) in [5.41, 5.74) is 0.139. The number of nitrogens with zero attached hydrogens (tertiary/aromatic N) is 1. The Labute approximate surface area is 197 Å². The van der Waals surface area contributed by atoms with Crippen molar-refractivity contribution in [3.63, 3.8) is 0 Å². The first kappa shape index (κ1) is 24.0. The average molecular weight is 520 g/mol. The number of carbonyl (C=O) groups is 2. The topological polar surface area (TPSA) is 118 Å². The van der Waals surface area contributed by atoms with Crippen LogP contribution in [0, 0.1) is 21.4 Å². The van der Waals surface area contributed by atoms with Gasteiger partial charge in [-0.1, -0.05) is 33.8 Å². The summed E-state index contributed by atoms with van der Waals surface area (Å²) in [5.74, 6) is -0.903. The summed E-state index contributed by atoms with van der Waals surface area (Å²) in [6, 6.07) is 12.1. The molecule has 0 aromatic heterocycles. The third-order valence-corrected chi connectivity index (χ3v) is 7.44. The van der Waals surface area contributed by atoms with E-state index in [0.29, 0.717) is 10.5 Å². The molecule has 4 rings (SSSR count). The Morgan fingerprint density at radius 3 is 2.25 bits per heavy atom. The van der Waals surface area contributed by atoms with E-state index in [1.54, 1.807) is 12.1 Å². The van der Waals surface area contributed by atoms with Gasteiger partial charge in [-0.05, 0) is 80.0 Å². The van der Waals surface area contributed by atoms with Gasteiger partial charge in [-0.25, -0.2) is 4.79 Å². The van der Waals surface area contributed by atoms with E-state index in [4.69, 9.17) is 10.2 Å². The molecule has 2 aliphatic rings. The minimum Gasteiger partial charge on any atom is -0.481 e. The predicted octanol–water partition coefficient (Wildman–Crippen LogP) is 6.26. The normalized spacial score (nSPS) is 21.2. The third-order valence-electron chi connectivity index (χ3n) is 5.83. The van der Waals surface area contributed by atoms with Gasteiger partial charge in [-0.15, -0.1) is 0 Å². The van der Waals surface area contributed by atoms with Gasteiger partial charge in [0.15, 0.2) is 0 Å². The molecule has 2 saturated carbocycles. The van der Waals surface area contributed by atoms with E-state index in [2.05, 4.69) is 15.9 Å². The van der Waals surface area contributed by atoms with E-state index in [-0.39, 0.29) is 11.1 Å². The molecule has 2 fully saturated rings. The van der Waals surface area contributed by atoms with Crippen molar-refractivity contribution < 1.29 is 24.7 Å². The molecule has 9 heteroatoms. The van der Waals surface area contributed by atoms with Crippen molar-refractivity contribution in [2.75, 3.05) is 0 Å². The molecule has 168 valence electrons. The lowest BCUT2D eigenvalue weighted by Crippen LogP contribution is -2.25. The lowest BCUT2D eigenvalue weighted by molar-refractivity contribution is -0.387. The number of halogens is 1. The number of nitro groups is 1. The molecule has 0 saturated heterocycles. The number of aliphatic carboxylic acids is 2. The number of carboxylic acids is 2. The Morgan fingerprint density at radius 2 is 1.78 bits per heavy atom. The highest BCUT2D eigenvalue weighted by atomic mass is 79.9. The Morgan fingerprint density at radius 1 is 1.12 bits per heavy atom. The van der Waals surface area contributed by atoms with Gasteiger partial charge in [-0.3, -0.25) is 14.9 Å². The van der Waals surface area contributed by atoms with Crippen molar-refractivity contribution in [2.24, 2.45) is 11.3 Å². The fourth-order valence-corrected chi connectivity index (χ4v) is 5.32. The van der Waals surface area contributed by atoms with Crippen molar-refractivity contribution in [1.29, 1.82) is 0 Å². The van der Waals surface area contributed by atoms with Crippen LogP contribution in [0.3, 0.4) is 0 Å². The molecule has 0 radical (unpaired) electrons. The van der Waals surface area contributed by atoms with Crippen LogP contribution in [0.5, 0.6) is 0 Å². The molecule has 0 atom stereocenters. The molecule has 0 aliphatic heterocycles. The first-order valence-electron chi connectivity index (χ1n) is 10.0. The Bertz CT molecular complexity index is 1040. The zero-order chi connectivity index (χ0) is 23.3. The van der Waals surface area contributed by atoms with Gasteiger partial charge in [0.25, 0.3) is 5.69 Å². The summed E-state index contributed by atoms with van der Waals surface area (Å²) in [5, 5.41) is 28.7. The monoisotopic (exact) mass is 519 g/mol. The first-order chi connectivity index (χ1) is 15.2. The maximum absolute atomic E-state index is 11.2. The maximum atomic E-state index is 11.2. The molecular formula is C23H22BrNO6S. The Balaban J connectivity index is 0.000000238. The number of rotatable bonds is 6. The number of benzene rings is 2. The molecule has 7 nitrogen and oxygen atoms in total. The predicted molar refractivity (Wildman–Crippen MR) is 125 cm³/mol. The zero-order valence-corrected chi connectivity index (χ0v) is 19.5. The van der Waals surface area contributed by atoms with Gasteiger partial charge < -0.3 is 10.2 Å². The quantitative estimate of drug-likeness (QED) is 0.262. The van der Waals surface area contributed by atoms with Crippen molar-refractivity contribution in [2.45, 2.75) is 41.9 Å². The fourth-order valence-electron chi connectivity index (χ4n) is 4.16. The van der Waals surface area contributed by atoms with Crippen molar-refractivity contribution >= 4 is 51.4 Å². The smallest absolute Gasteiger partial charge is 0.328 e. The molecule has 0 spiro atoms. The highest BCUT2D eigenvalue weighted by Crippen LogP contribution is 2.54. The van der Waals surface area contributed by atoms with Gasteiger partial charge in [0.2, 0.25) is 0 Å². The van der Waals surface area contributed by atoms with Gasteiger partial charge >= 0.3 is 11.9 Å². The lowest BCUT2D eigenvalue weighted by atomic mass is 9.85. The average Bonchev–Trinajstić information content (AvgIpc) is 3.38. The van der Waals surface area contributed by atoms with E-state index in [1.165, 1.54) is 23.9 Å². The Hall–Kier alpha value is -2.65. The molecule has 2 bridgehead atoms. The van der Waals surface area contributed by atoms with Gasteiger partial charge in [0.1, 0.15) is 0 Å². The Kier molecular flexibility index (Phi) is 7.73. The summed E-state index contributed by atoms with van der Waals surface area (Å²) in [7, 11) is 0. The van der Waals surface area contributed by atoms with E-state index >= 15 is 0 Å². The number of hydrogen-bond donors (Lipinski definition) is 2. The molecule has 2 aliphatic carbocycles. The molecule has 2 aromatic rings. The largest absolute Gasteiger partial charge is 0.481 e. The molecule has 0 amide bonds. The molecule has 0 unspecified atom stereocenters. The van der Waals surface area contributed by atoms with Crippen LogP contribution in [0.1, 0.15) is 37.7 Å². The van der Waals surface area contributed by atoms with E-state index in [0.717, 1.165) is 53.5 Å². The van der Waals surface area contributed by atoms with Gasteiger partial charge in [0, 0.05) is 21.5 Å². The minimum atomic E-state index is -1.10. The van der Waals surface area contributed by atoms with Crippen LogP contribution < -0.4 is 0 Å². The van der Waals surface area contributed by atoms with Crippen LogP contribution in [-0.2, 0) is 9.59 Å². The van der Waals surface area contributed by atoms with Crippen molar-refractivity contribution in [1.82, 2.24) is 0 Å². The lowest BCUT2D eigenvalue weighted by Gasteiger charge is -2.19. The second-order valence-electron chi connectivity index (χ2n) is 7.94. The highest BCUT2D eigenvalue weighted by Gasteiger charge is 2.50. The van der Waals surface area contributed by atoms with Crippen molar-refractivity contribution in [3.05, 3.63) is 68.7 Å². The third kappa shape index (κ3) is 5.98. The summed E-state index contributed by atoms with van der Waals surface area (Å²) in [6.07, 6.45) is 7.42. The van der Waals surface area contributed by atoms with Crippen LogP contribution in [0.2, 0.25) is 0 Å². The highest BCUT2D eigenvalue weighted by molar-refractivity contribution is 9.10. The first-order valence-corrected chi connectivity index (χ1v) is 11.7. The summed E-state index contributed by atoms with van der Waals surface area (Å²) in [4.78, 5) is 33.4. The van der Waals surface area contributed by atoms with Crippen LogP contribution >= 0.6 is 27.7 Å². The minimum absolute atomic E-state index is 0.0551. The van der Waals surface area contributed by atoms with Crippen LogP contribution in [0.15, 0.2) is 62.8 Å². The molecule has 32 heavy (non-hydrogen) atoms.